The molecule has 0 saturated carbocycles. The highest BCUT2D eigenvalue weighted by Gasteiger charge is 2.45. The molecular formula is C15H24N2O6S. The maximum Gasteiger partial charge on any atom is 0.329 e. The maximum absolute atomic E-state index is 12.1. The van der Waals surface area contributed by atoms with Gasteiger partial charge in [0.25, 0.3) is 5.56 Å². The Kier molecular flexibility index (Phi) is 6.50. The Balaban J connectivity index is 2.30. The van der Waals surface area contributed by atoms with E-state index in [1.54, 1.807) is 0 Å². The predicted octanol–water partition coefficient (Wildman–Crippen LogP) is 0.350. The highest BCUT2D eigenvalue weighted by Crippen LogP contribution is 2.43. The van der Waals surface area contributed by atoms with Crippen molar-refractivity contribution in [3.63, 3.8) is 0 Å². The highest BCUT2D eigenvalue weighted by molar-refractivity contribution is 8.00. The fraction of sp³-hybridized carbons (Fsp3) is 0.733. The first-order chi connectivity index (χ1) is 11.4. The van der Waals surface area contributed by atoms with Crippen LogP contribution in [0.15, 0.2) is 15.8 Å². The number of aliphatic hydroxyl groups excluding tert-OH is 1. The number of aromatic amines is 1. The molecule has 24 heavy (non-hydrogen) atoms. The number of H-pyrrole nitrogens is 1. The number of aromatic nitrogens is 2. The largest absolute Gasteiger partial charge is 0.490 e. The van der Waals surface area contributed by atoms with Gasteiger partial charge in [0.05, 0.1) is 31.3 Å². The molecule has 0 aliphatic carbocycles. The molecule has 2 heterocycles. The van der Waals surface area contributed by atoms with Crippen LogP contribution in [0.4, 0.5) is 0 Å². The van der Waals surface area contributed by atoms with Gasteiger partial charge in [-0.3, -0.25) is 14.3 Å². The number of aliphatic hydroxyl groups is 1. The van der Waals surface area contributed by atoms with Gasteiger partial charge in [0.2, 0.25) is 5.75 Å². The zero-order valence-electron chi connectivity index (χ0n) is 14.2. The molecule has 8 nitrogen and oxygen atoms in total. The second-order valence-corrected chi connectivity index (χ2v) is 7.08. The Hall–Kier alpha value is -1.29. The molecule has 0 amide bonds. The lowest BCUT2D eigenvalue weighted by molar-refractivity contribution is -0.0466. The summed E-state index contributed by atoms with van der Waals surface area (Å²) in [6, 6.07) is 0. The number of thioether (sulfide) groups is 1. The van der Waals surface area contributed by atoms with E-state index in [9.17, 15) is 14.7 Å². The summed E-state index contributed by atoms with van der Waals surface area (Å²) in [7, 11) is 1.35. The van der Waals surface area contributed by atoms with Crippen LogP contribution >= 0.6 is 11.8 Å². The van der Waals surface area contributed by atoms with E-state index in [-0.39, 0.29) is 17.1 Å². The lowest BCUT2D eigenvalue weighted by atomic mass is 10.1. The minimum Gasteiger partial charge on any atom is -0.490 e. The average Bonchev–Trinajstić information content (AvgIpc) is 2.83. The van der Waals surface area contributed by atoms with Gasteiger partial charge in [0, 0.05) is 6.61 Å². The van der Waals surface area contributed by atoms with E-state index in [0.717, 1.165) is 0 Å². The van der Waals surface area contributed by atoms with Crippen LogP contribution in [-0.2, 0) is 9.47 Å². The molecule has 1 fully saturated rings. The van der Waals surface area contributed by atoms with E-state index in [1.807, 2.05) is 20.8 Å². The van der Waals surface area contributed by atoms with Crippen molar-refractivity contribution in [2.75, 3.05) is 20.3 Å². The number of rotatable bonds is 7. The van der Waals surface area contributed by atoms with Crippen molar-refractivity contribution in [3.05, 3.63) is 27.0 Å². The van der Waals surface area contributed by atoms with Crippen molar-refractivity contribution in [2.45, 2.75) is 49.7 Å². The number of methoxy groups -OCH3 is 1. The quantitative estimate of drug-likeness (QED) is 0.723. The molecule has 0 spiro atoms. The van der Waals surface area contributed by atoms with E-state index >= 15 is 0 Å². The van der Waals surface area contributed by atoms with Gasteiger partial charge in [-0.15, -0.1) is 11.8 Å². The van der Waals surface area contributed by atoms with Crippen molar-refractivity contribution in [1.82, 2.24) is 9.55 Å². The Bertz CT molecular complexity index is 658. The fourth-order valence-electron chi connectivity index (χ4n) is 2.57. The van der Waals surface area contributed by atoms with E-state index < -0.39 is 28.8 Å². The topological polar surface area (TPSA) is 103 Å². The smallest absolute Gasteiger partial charge is 0.329 e. The van der Waals surface area contributed by atoms with Crippen LogP contribution in [0.2, 0.25) is 0 Å². The Morgan fingerprint density at radius 1 is 1.42 bits per heavy atom. The first-order valence-corrected chi connectivity index (χ1v) is 8.79. The molecule has 1 aliphatic rings. The SMILES string of the molecule is CCOC1C(O)[C@H](n2cc(OC)c(=O)[nH]c2=O)S[C@@H]1COC(C)C. The molecule has 1 saturated heterocycles. The standard InChI is InChI=1S/C15H24N2O6S/c1-5-22-12-10(7-23-8(2)3)24-14(11(12)18)17-6-9(21-4)13(19)16-15(17)20/h6,8,10-12,14,18H,5,7H2,1-4H3,(H,16,19,20)/t10-,11?,12?,14-/m1/s1. The molecule has 2 unspecified atom stereocenters. The number of hydrogen-bond donors (Lipinski definition) is 2. The highest BCUT2D eigenvalue weighted by atomic mass is 32.2. The molecule has 2 rings (SSSR count). The molecule has 0 radical (unpaired) electrons. The summed E-state index contributed by atoms with van der Waals surface area (Å²) in [6.07, 6.45) is -0.00549. The summed E-state index contributed by atoms with van der Waals surface area (Å²) < 4.78 is 17.5. The van der Waals surface area contributed by atoms with Gasteiger partial charge in [0.15, 0.2) is 0 Å². The molecule has 1 aromatic rings. The second-order valence-electron chi connectivity index (χ2n) is 5.72. The number of hydrogen-bond acceptors (Lipinski definition) is 7. The van der Waals surface area contributed by atoms with Gasteiger partial charge in [-0.05, 0) is 20.8 Å². The molecule has 4 atom stereocenters. The fourth-order valence-corrected chi connectivity index (χ4v) is 4.08. The lowest BCUT2D eigenvalue weighted by Crippen LogP contribution is -2.39. The van der Waals surface area contributed by atoms with E-state index in [1.165, 1.54) is 29.6 Å². The van der Waals surface area contributed by atoms with E-state index in [0.29, 0.717) is 13.2 Å². The van der Waals surface area contributed by atoms with Crippen molar-refractivity contribution < 1.29 is 19.3 Å². The molecule has 2 N–H and O–H groups in total. The summed E-state index contributed by atoms with van der Waals surface area (Å²) in [4.78, 5) is 26.0. The Labute approximate surface area is 144 Å². The molecule has 1 aromatic heterocycles. The third-order valence-corrected chi connectivity index (χ3v) is 5.23. The first kappa shape index (κ1) is 19.0. The van der Waals surface area contributed by atoms with Gasteiger partial charge in [-0.1, -0.05) is 0 Å². The van der Waals surface area contributed by atoms with Crippen LogP contribution in [-0.4, -0.2) is 58.5 Å². The normalized spacial score (nSPS) is 26.9. The zero-order valence-corrected chi connectivity index (χ0v) is 15.0. The van der Waals surface area contributed by atoms with Crippen LogP contribution < -0.4 is 16.0 Å². The van der Waals surface area contributed by atoms with E-state index in [4.69, 9.17) is 14.2 Å². The van der Waals surface area contributed by atoms with Crippen LogP contribution in [0.25, 0.3) is 0 Å². The number of ether oxygens (including phenoxy) is 3. The van der Waals surface area contributed by atoms with Crippen molar-refractivity contribution in [1.29, 1.82) is 0 Å². The van der Waals surface area contributed by atoms with Gasteiger partial charge >= 0.3 is 5.69 Å². The van der Waals surface area contributed by atoms with Crippen molar-refractivity contribution in [2.24, 2.45) is 0 Å². The summed E-state index contributed by atoms with van der Waals surface area (Å²) in [5.74, 6) is 0.0113. The molecule has 0 aromatic carbocycles. The number of nitrogens with one attached hydrogen (secondary N) is 1. The lowest BCUT2D eigenvalue weighted by Gasteiger charge is -2.22. The first-order valence-electron chi connectivity index (χ1n) is 7.85. The third kappa shape index (κ3) is 4.02. The summed E-state index contributed by atoms with van der Waals surface area (Å²) >= 11 is 1.39. The molecule has 0 bridgehead atoms. The molecule has 9 heteroatoms. The number of nitrogens with zero attached hydrogens (tertiary/aromatic N) is 1. The minimum absolute atomic E-state index is 0.0113. The Morgan fingerprint density at radius 2 is 2.12 bits per heavy atom. The third-order valence-electron chi connectivity index (χ3n) is 3.69. The second kappa shape index (κ2) is 8.19. The predicted molar refractivity (Wildman–Crippen MR) is 90.8 cm³/mol. The maximum atomic E-state index is 12.1. The van der Waals surface area contributed by atoms with E-state index in [2.05, 4.69) is 4.98 Å². The van der Waals surface area contributed by atoms with Gasteiger partial charge in [-0.2, -0.15) is 0 Å². The monoisotopic (exact) mass is 360 g/mol. The van der Waals surface area contributed by atoms with Crippen molar-refractivity contribution in [3.8, 4) is 5.75 Å². The van der Waals surface area contributed by atoms with Crippen LogP contribution in [0.3, 0.4) is 0 Å². The van der Waals surface area contributed by atoms with Crippen LogP contribution in [0.1, 0.15) is 26.1 Å². The summed E-state index contributed by atoms with van der Waals surface area (Å²) in [6.45, 7) is 6.55. The van der Waals surface area contributed by atoms with Gasteiger partial charge in [0.1, 0.15) is 17.6 Å². The van der Waals surface area contributed by atoms with Crippen LogP contribution in [0, 0.1) is 0 Å². The van der Waals surface area contributed by atoms with Crippen molar-refractivity contribution >= 4 is 11.8 Å². The summed E-state index contributed by atoms with van der Waals surface area (Å²) in [5, 5.41) is 9.91. The van der Waals surface area contributed by atoms with Gasteiger partial charge in [-0.25, -0.2) is 4.79 Å². The molecular weight excluding hydrogens is 336 g/mol. The summed E-state index contributed by atoms with van der Waals surface area (Å²) in [5.41, 5.74) is -1.20. The van der Waals surface area contributed by atoms with Gasteiger partial charge < -0.3 is 19.3 Å². The minimum atomic E-state index is -0.913. The Morgan fingerprint density at radius 3 is 2.71 bits per heavy atom. The average molecular weight is 360 g/mol. The van der Waals surface area contributed by atoms with Crippen LogP contribution in [0.5, 0.6) is 5.75 Å². The zero-order chi connectivity index (χ0) is 17.9. The molecule has 1 aliphatic heterocycles. The molecule has 136 valence electrons.